The highest BCUT2D eigenvalue weighted by molar-refractivity contribution is 7.98. The zero-order chi connectivity index (χ0) is 13.8. The molecule has 19 heavy (non-hydrogen) atoms. The molecule has 0 aromatic heterocycles. The Hall–Kier alpha value is -0.670. The van der Waals surface area contributed by atoms with Crippen LogP contribution in [-0.4, -0.2) is 0 Å². The summed E-state index contributed by atoms with van der Waals surface area (Å²) in [6.45, 7) is 1.98. The van der Waals surface area contributed by atoms with Gasteiger partial charge in [0.1, 0.15) is 0 Å². The topological polar surface area (TPSA) is 26.0 Å². The van der Waals surface area contributed by atoms with E-state index in [-0.39, 0.29) is 6.04 Å². The lowest BCUT2D eigenvalue weighted by atomic mass is 10.1. The van der Waals surface area contributed by atoms with Gasteiger partial charge in [-0.05, 0) is 42.3 Å². The Bertz CT molecular complexity index is 553. The van der Waals surface area contributed by atoms with E-state index in [4.69, 9.17) is 28.9 Å². The second-order valence-corrected chi connectivity index (χ2v) is 6.26. The highest BCUT2D eigenvalue weighted by Crippen LogP contribution is 2.28. The Morgan fingerprint density at radius 1 is 1.05 bits per heavy atom. The van der Waals surface area contributed by atoms with Crippen LogP contribution in [0.15, 0.2) is 47.4 Å². The van der Waals surface area contributed by atoms with E-state index in [1.165, 1.54) is 4.90 Å². The maximum Gasteiger partial charge on any atom is 0.0595 e. The molecule has 1 nitrogen and oxygen atoms in total. The largest absolute Gasteiger partial charge is 0.324 e. The molecule has 1 unspecified atom stereocenters. The fourth-order valence-electron chi connectivity index (χ4n) is 1.66. The molecule has 0 fully saturated rings. The average Bonchev–Trinajstić information content (AvgIpc) is 2.40. The number of rotatable bonds is 4. The second-order valence-electron chi connectivity index (χ2n) is 4.39. The average molecular weight is 312 g/mol. The molecular formula is C15H15Cl2NS. The van der Waals surface area contributed by atoms with Crippen LogP contribution in [0.1, 0.15) is 24.1 Å². The molecule has 0 spiro atoms. The van der Waals surface area contributed by atoms with E-state index in [1.54, 1.807) is 11.8 Å². The fraction of sp³-hybridized carbons (Fsp3) is 0.200. The van der Waals surface area contributed by atoms with Crippen LogP contribution in [0.25, 0.3) is 0 Å². The summed E-state index contributed by atoms with van der Waals surface area (Å²) in [6.07, 6.45) is 0. The van der Waals surface area contributed by atoms with E-state index in [9.17, 15) is 0 Å². The zero-order valence-electron chi connectivity index (χ0n) is 10.6. The maximum absolute atomic E-state index is 6.00. The molecule has 2 aromatic rings. The van der Waals surface area contributed by atoms with Crippen molar-refractivity contribution >= 4 is 35.0 Å². The lowest BCUT2D eigenvalue weighted by Crippen LogP contribution is -2.04. The summed E-state index contributed by atoms with van der Waals surface area (Å²) in [7, 11) is 0. The van der Waals surface area contributed by atoms with Gasteiger partial charge in [0.15, 0.2) is 0 Å². The van der Waals surface area contributed by atoms with Crippen molar-refractivity contribution in [3.63, 3.8) is 0 Å². The standard InChI is InChI=1S/C15H15Cl2NS/c1-10(18)12-3-5-13(6-4-12)19-9-11-2-7-14(16)15(17)8-11/h2-8,10H,9,18H2,1H3. The summed E-state index contributed by atoms with van der Waals surface area (Å²) in [5.74, 6) is 0.869. The normalized spacial score (nSPS) is 12.4. The number of halogens is 2. The fourth-order valence-corrected chi connectivity index (χ4v) is 2.83. The van der Waals surface area contributed by atoms with E-state index < -0.39 is 0 Å². The minimum atomic E-state index is 0.0779. The van der Waals surface area contributed by atoms with Crippen LogP contribution in [0, 0.1) is 0 Å². The number of nitrogens with two attached hydrogens (primary N) is 1. The molecule has 0 radical (unpaired) electrons. The van der Waals surface area contributed by atoms with Crippen molar-refractivity contribution in [2.24, 2.45) is 5.73 Å². The van der Waals surface area contributed by atoms with E-state index in [0.717, 1.165) is 16.9 Å². The first kappa shape index (κ1) is 14.7. The van der Waals surface area contributed by atoms with Crippen LogP contribution < -0.4 is 5.73 Å². The van der Waals surface area contributed by atoms with Gasteiger partial charge in [0.2, 0.25) is 0 Å². The lowest BCUT2D eigenvalue weighted by Gasteiger charge is -2.07. The summed E-state index contributed by atoms with van der Waals surface area (Å²) in [5, 5.41) is 1.20. The molecule has 0 amide bonds. The van der Waals surface area contributed by atoms with Crippen molar-refractivity contribution in [3.8, 4) is 0 Å². The van der Waals surface area contributed by atoms with Gasteiger partial charge in [0.25, 0.3) is 0 Å². The number of benzene rings is 2. The Kier molecular flexibility index (Phi) is 5.17. The first-order valence-electron chi connectivity index (χ1n) is 5.98. The molecule has 4 heteroatoms. The van der Waals surface area contributed by atoms with Crippen molar-refractivity contribution in [1.82, 2.24) is 0 Å². The first-order chi connectivity index (χ1) is 9.06. The van der Waals surface area contributed by atoms with Crippen LogP contribution in [0.3, 0.4) is 0 Å². The Morgan fingerprint density at radius 3 is 2.32 bits per heavy atom. The van der Waals surface area contributed by atoms with Crippen LogP contribution in [0.2, 0.25) is 10.0 Å². The third kappa shape index (κ3) is 4.15. The van der Waals surface area contributed by atoms with Crippen molar-refractivity contribution in [1.29, 1.82) is 0 Å². The van der Waals surface area contributed by atoms with Gasteiger partial charge in [0, 0.05) is 16.7 Å². The minimum absolute atomic E-state index is 0.0779. The summed E-state index contributed by atoms with van der Waals surface area (Å²) in [6, 6.07) is 14.2. The molecule has 2 N–H and O–H groups in total. The van der Waals surface area contributed by atoms with E-state index >= 15 is 0 Å². The van der Waals surface area contributed by atoms with Crippen molar-refractivity contribution in [3.05, 3.63) is 63.6 Å². The van der Waals surface area contributed by atoms with Gasteiger partial charge in [-0.1, -0.05) is 41.4 Å². The molecule has 2 aromatic carbocycles. The number of hydrogen-bond acceptors (Lipinski definition) is 2. The van der Waals surface area contributed by atoms with Crippen LogP contribution >= 0.6 is 35.0 Å². The minimum Gasteiger partial charge on any atom is -0.324 e. The van der Waals surface area contributed by atoms with Gasteiger partial charge < -0.3 is 5.73 Å². The van der Waals surface area contributed by atoms with Gasteiger partial charge in [-0.3, -0.25) is 0 Å². The smallest absolute Gasteiger partial charge is 0.0595 e. The van der Waals surface area contributed by atoms with Crippen molar-refractivity contribution in [2.45, 2.75) is 23.6 Å². The highest BCUT2D eigenvalue weighted by atomic mass is 35.5. The van der Waals surface area contributed by atoms with Crippen LogP contribution in [0.5, 0.6) is 0 Å². The molecule has 0 aliphatic carbocycles. The Morgan fingerprint density at radius 2 is 1.74 bits per heavy atom. The number of hydrogen-bond donors (Lipinski definition) is 1. The molecule has 0 heterocycles. The third-order valence-electron chi connectivity index (χ3n) is 2.80. The zero-order valence-corrected chi connectivity index (χ0v) is 12.9. The summed E-state index contributed by atoms with van der Waals surface area (Å²) >= 11 is 13.7. The SMILES string of the molecule is CC(N)c1ccc(SCc2ccc(Cl)c(Cl)c2)cc1. The van der Waals surface area contributed by atoms with Crippen molar-refractivity contribution in [2.75, 3.05) is 0 Å². The molecule has 0 aliphatic heterocycles. The number of thioether (sulfide) groups is 1. The van der Waals surface area contributed by atoms with E-state index in [0.29, 0.717) is 10.0 Å². The summed E-state index contributed by atoms with van der Waals surface area (Å²) in [5.41, 5.74) is 8.14. The predicted octanol–water partition coefficient (Wildman–Crippen LogP) is 5.31. The molecule has 0 aliphatic rings. The van der Waals surface area contributed by atoms with Gasteiger partial charge >= 0.3 is 0 Å². The predicted molar refractivity (Wildman–Crippen MR) is 85.1 cm³/mol. The van der Waals surface area contributed by atoms with Crippen LogP contribution in [0.4, 0.5) is 0 Å². The van der Waals surface area contributed by atoms with Gasteiger partial charge in [-0.2, -0.15) is 0 Å². The quantitative estimate of drug-likeness (QED) is 0.775. The summed E-state index contributed by atoms with van der Waals surface area (Å²) < 4.78 is 0. The van der Waals surface area contributed by atoms with E-state index in [2.05, 4.69) is 24.3 Å². The molecule has 0 saturated carbocycles. The van der Waals surface area contributed by atoms with Crippen LogP contribution in [-0.2, 0) is 5.75 Å². The monoisotopic (exact) mass is 311 g/mol. The van der Waals surface area contributed by atoms with E-state index in [1.807, 2.05) is 25.1 Å². The molecule has 2 rings (SSSR count). The first-order valence-corrected chi connectivity index (χ1v) is 7.72. The lowest BCUT2D eigenvalue weighted by molar-refractivity contribution is 0.817. The Labute approximate surface area is 128 Å². The molecule has 1 atom stereocenters. The maximum atomic E-state index is 6.00. The summed E-state index contributed by atoms with van der Waals surface area (Å²) in [4.78, 5) is 1.22. The molecular weight excluding hydrogens is 297 g/mol. The third-order valence-corrected chi connectivity index (χ3v) is 4.62. The highest BCUT2D eigenvalue weighted by Gasteiger charge is 2.02. The van der Waals surface area contributed by atoms with Gasteiger partial charge in [-0.25, -0.2) is 0 Å². The molecule has 0 bridgehead atoms. The molecule has 0 saturated heterocycles. The van der Waals surface area contributed by atoms with Crippen molar-refractivity contribution < 1.29 is 0 Å². The molecule has 100 valence electrons. The van der Waals surface area contributed by atoms with Gasteiger partial charge in [-0.15, -0.1) is 11.8 Å². The Balaban J connectivity index is 2.00. The van der Waals surface area contributed by atoms with Gasteiger partial charge in [0.05, 0.1) is 10.0 Å². The second kappa shape index (κ2) is 6.67.